The summed E-state index contributed by atoms with van der Waals surface area (Å²) in [6.07, 6.45) is 1.43. The van der Waals surface area contributed by atoms with Crippen LogP contribution in [0, 0.1) is 5.82 Å². The number of nitrogens with zero attached hydrogens (tertiary/aromatic N) is 2. The van der Waals surface area contributed by atoms with Gasteiger partial charge in [0, 0.05) is 22.6 Å². The number of anilines is 1. The van der Waals surface area contributed by atoms with Crippen LogP contribution in [0.2, 0.25) is 0 Å². The van der Waals surface area contributed by atoms with E-state index in [4.69, 9.17) is 10.5 Å². The number of phenols is 1. The molecule has 1 aromatic heterocycles. The highest BCUT2D eigenvalue weighted by molar-refractivity contribution is 9.10. The number of hydrogen-bond donors (Lipinski definition) is 2. The molecule has 0 radical (unpaired) electrons. The third-order valence-electron chi connectivity index (χ3n) is 2.63. The minimum Gasteiger partial charge on any atom is -0.502 e. The van der Waals surface area contributed by atoms with Crippen molar-refractivity contribution in [2.24, 2.45) is 7.05 Å². The largest absolute Gasteiger partial charge is 0.502 e. The van der Waals surface area contributed by atoms with Crippen molar-refractivity contribution in [3.8, 4) is 22.6 Å². The molecule has 1 heterocycles. The summed E-state index contributed by atoms with van der Waals surface area (Å²) in [5.41, 5.74) is 6.35. The Morgan fingerprint density at radius 2 is 2.22 bits per heavy atom. The second kappa shape index (κ2) is 4.49. The van der Waals surface area contributed by atoms with Gasteiger partial charge in [0.25, 0.3) is 0 Å². The molecule has 0 unspecified atom stereocenters. The number of nitrogen functional groups attached to an aromatic ring is 1. The molecule has 5 nitrogen and oxygen atoms in total. The maximum atomic E-state index is 14.1. The van der Waals surface area contributed by atoms with Crippen molar-refractivity contribution >= 4 is 21.7 Å². The predicted octanol–water partition coefficient (Wildman–Crippen LogP) is 2.29. The van der Waals surface area contributed by atoms with Gasteiger partial charge in [-0.3, -0.25) is 4.68 Å². The SMILES string of the molecule is COc1cc(Br)c(-c2cnn(C)c2N)c(F)c1O. The first-order valence-corrected chi connectivity index (χ1v) is 5.79. The minimum absolute atomic E-state index is 0.0468. The third kappa shape index (κ3) is 1.80. The first-order valence-electron chi connectivity index (χ1n) is 5.00. The molecule has 0 bridgehead atoms. The van der Waals surface area contributed by atoms with Crippen LogP contribution in [0.15, 0.2) is 16.7 Å². The molecular formula is C11H11BrFN3O2. The van der Waals surface area contributed by atoms with Gasteiger partial charge in [0.1, 0.15) is 5.82 Å². The highest BCUT2D eigenvalue weighted by atomic mass is 79.9. The normalized spacial score (nSPS) is 10.7. The third-order valence-corrected chi connectivity index (χ3v) is 3.26. The summed E-state index contributed by atoms with van der Waals surface area (Å²) in [6, 6.07) is 1.47. The van der Waals surface area contributed by atoms with Crippen molar-refractivity contribution in [1.29, 1.82) is 0 Å². The van der Waals surface area contributed by atoms with E-state index in [9.17, 15) is 9.50 Å². The molecule has 3 N–H and O–H groups in total. The average molecular weight is 316 g/mol. The molecular weight excluding hydrogens is 305 g/mol. The number of aryl methyl sites for hydroxylation is 1. The smallest absolute Gasteiger partial charge is 0.195 e. The number of nitrogens with two attached hydrogens (primary N) is 1. The van der Waals surface area contributed by atoms with Gasteiger partial charge >= 0.3 is 0 Å². The fourth-order valence-corrected chi connectivity index (χ4v) is 2.22. The second-order valence-electron chi connectivity index (χ2n) is 3.67. The van der Waals surface area contributed by atoms with E-state index in [0.717, 1.165) is 0 Å². The lowest BCUT2D eigenvalue weighted by Gasteiger charge is -2.10. The first-order chi connectivity index (χ1) is 8.47. The Bertz CT molecular complexity index is 613. The van der Waals surface area contributed by atoms with E-state index in [1.807, 2.05) is 0 Å². The van der Waals surface area contributed by atoms with Gasteiger partial charge in [0.2, 0.25) is 0 Å². The van der Waals surface area contributed by atoms with E-state index in [-0.39, 0.29) is 11.3 Å². The Balaban J connectivity index is 2.73. The number of phenolic OH excluding ortho intramolecular Hbond substituents is 1. The Hall–Kier alpha value is -1.76. The molecule has 0 spiro atoms. The summed E-state index contributed by atoms with van der Waals surface area (Å²) in [4.78, 5) is 0. The molecule has 0 saturated heterocycles. The van der Waals surface area contributed by atoms with Crippen LogP contribution in [0.4, 0.5) is 10.2 Å². The van der Waals surface area contributed by atoms with Crippen molar-refractivity contribution in [1.82, 2.24) is 9.78 Å². The van der Waals surface area contributed by atoms with Crippen molar-refractivity contribution in [3.63, 3.8) is 0 Å². The number of halogens is 2. The number of benzene rings is 1. The number of rotatable bonds is 2. The molecule has 1 aromatic carbocycles. The van der Waals surface area contributed by atoms with Gasteiger partial charge in [0.05, 0.1) is 13.3 Å². The van der Waals surface area contributed by atoms with Gasteiger partial charge < -0.3 is 15.6 Å². The lowest BCUT2D eigenvalue weighted by Crippen LogP contribution is -1.99. The first kappa shape index (κ1) is 12.7. The van der Waals surface area contributed by atoms with Gasteiger partial charge in [-0.25, -0.2) is 4.39 Å². The van der Waals surface area contributed by atoms with E-state index < -0.39 is 11.6 Å². The van der Waals surface area contributed by atoms with Crippen molar-refractivity contribution in [2.45, 2.75) is 0 Å². The molecule has 0 aliphatic rings. The lowest BCUT2D eigenvalue weighted by atomic mass is 10.1. The molecule has 7 heteroatoms. The molecule has 2 aromatic rings. The molecule has 0 aliphatic heterocycles. The van der Waals surface area contributed by atoms with Crippen LogP contribution >= 0.6 is 15.9 Å². The molecule has 0 aliphatic carbocycles. The number of hydrogen-bond acceptors (Lipinski definition) is 4. The number of aromatic nitrogens is 2. The van der Waals surface area contributed by atoms with E-state index >= 15 is 0 Å². The fourth-order valence-electron chi connectivity index (χ4n) is 1.63. The zero-order chi connectivity index (χ0) is 13.4. The Labute approximate surface area is 111 Å². The summed E-state index contributed by atoms with van der Waals surface area (Å²) in [7, 11) is 2.99. The topological polar surface area (TPSA) is 73.3 Å². The monoisotopic (exact) mass is 315 g/mol. The van der Waals surface area contributed by atoms with Crippen LogP contribution in [0.25, 0.3) is 11.1 Å². The van der Waals surface area contributed by atoms with E-state index in [1.165, 1.54) is 24.1 Å². The number of methoxy groups -OCH3 is 1. The molecule has 0 atom stereocenters. The van der Waals surface area contributed by atoms with Gasteiger partial charge in [-0.1, -0.05) is 0 Å². The summed E-state index contributed by atoms with van der Waals surface area (Å²) >= 11 is 3.23. The molecule has 2 rings (SSSR count). The molecule has 18 heavy (non-hydrogen) atoms. The van der Waals surface area contributed by atoms with Crippen LogP contribution in [0.3, 0.4) is 0 Å². The zero-order valence-electron chi connectivity index (χ0n) is 9.74. The summed E-state index contributed by atoms with van der Waals surface area (Å²) in [5, 5.41) is 13.6. The summed E-state index contributed by atoms with van der Waals surface area (Å²) < 4.78 is 20.8. The van der Waals surface area contributed by atoms with Crippen LogP contribution in [-0.2, 0) is 7.05 Å². The number of aromatic hydroxyl groups is 1. The number of ether oxygens (including phenoxy) is 1. The minimum atomic E-state index is -0.805. The van der Waals surface area contributed by atoms with Crippen molar-refractivity contribution < 1.29 is 14.2 Å². The Kier molecular flexibility index (Phi) is 3.16. The Morgan fingerprint density at radius 3 is 2.72 bits per heavy atom. The van der Waals surface area contributed by atoms with Crippen molar-refractivity contribution in [2.75, 3.05) is 12.8 Å². The zero-order valence-corrected chi connectivity index (χ0v) is 11.3. The van der Waals surface area contributed by atoms with E-state index in [2.05, 4.69) is 21.0 Å². The van der Waals surface area contributed by atoms with E-state index in [0.29, 0.717) is 15.9 Å². The van der Waals surface area contributed by atoms with Crippen LogP contribution in [0.1, 0.15) is 0 Å². The maximum Gasteiger partial charge on any atom is 0.195 e. The summed E-state index contributed by atoms with van der Waals surface area (Å²) in [5.74, 6) is -1.01. The highest BCUT2D eigenvalue weighted by Gasteiger charge is 2.21. The maximum absolute atomic E-state index is 14.1. The van der Waals surface area contributed by atoms with Crippen LogP contribution in [-0.4, -0.2) is 22.0 Å². The summed E-state index contributed by atoms with van der Waals surface area (Å²) in [6.45, 7) is 0. The van der Waals surface area contributed by atoms with Gasteiger partial charge in [-0.2, -0.15) is 5.10 Å². The fraction of sp³-hybridized carbons (Fsp3) is 0.182. The molecule has 96 valence electrons. The van der Waals surface area contributed by atoms with E-state index in [1.54, 1.807) is 7.05 Å². The van der Waals surface area contributed by atoms with Gasteiger partial charge in [0.15, 0.2) is 17.3 Å². The Morgan fingerprint density at radius 1 is 1.56 bits per heavy atom. The quantitative estimate of drug-likeness (QED) is 0.891. The van der Waals surface area contributed by atoms with Crippen molar-refractivity contribution in [3.05, 3.63) is 22.6 Å². The van der Waals surface area contributed by atoms with Crippen LogP contribution < -0.4 is 10.5 Å². The molecule has 0 saturated carbocycles. The van der Waals surface area contributed by atoms with Gasteiger partial charge in [-0.15, -0.1) is 0 Å². The average Bonchev–Trinajstić information content (AvgIpc) is 2.66. The predicted molar refractivity (Wildman–Crippen MR) is 68.9 cm³/mol. The lowest BCUT2D eigenvalue weighted by molar-refractivity contribution is 0.357. The van der Waals surface area contributed by atoms with Gasteiger partial charge in [-0.05, 0) is 22.0 Å². The molecule has 0 amide bonds. The standard InChI is InChI=1S/C11H11BrFN3O2/c1-16-11(14)5(4-15-16)8-6(12)3-7(18-2)10(17)9(8)13/h3-4,17H,14H2,1-2H3. The van der Waals surface area contributed by atoms with Crippen LogP contribution in [0.5, 0.6) is 11.5 Å². The molecule has 0 fully saturated rings. The second-order valence-corrected chi connectivity index (χ2v) is 4.52. The highest BCUT2D eigenvalue weighted by Crippen LogP contribution is 2.42.